The van der Waals surface area contributed by atoms with Gasteiger partial charge in [0.05, 0.1) is 0 Å². The van der Waals surface area contributed by atoms with E-state index in [0.29, 0.717) is 6.04 Å². The average Bonchev–Trinajstić information content (AvgIpc) is 1.85. The maximum absolute atomic E-state index is 5.76. The summed E-state index contributed by atoms with van der Waals surface area (Å²) in [4.78, 5) is 0. The summed E-state index contributed by atoms with van der Waals surface area (Å²) in [7, 11) is 0. The van der Waals surface area contributed by atoms with Gasteiger partial charge in [0.2, 0.25) is 0 Å². The molecule has 0 heterocycles. The first-order valence-electron chi connectivity index (χ1n) is 3.55. The first kappa shape index (κ1) is 9.31. The Balaban J connectivity index is 2.95. The highest BCUT2D eigenvalue weighted by molar-refractivity contribution is 7.98. The van der Waals surface area contributed by atoms with Crippen LogP contribution in [0.4, 0.5) is 0 Å². The summed E-state index contributed by atoms with van der Waals surface area (Å²) in [6.45, 7) is 2.18. The van der Waals surface area contributed by atoms with E-state index in [2.05, 4.69) is 13.2 Å². The minimum absolute atomic E-state index is 0.447. The van der Waals surface area contributed by atoms with Crippen LogP contribution >= 0.6 is 11.8 Å². The smallest absolute Gasteiger partial charge is 0.00465 e. The van der Waals surface area contributed by atoms with E-state index in [1.54, 1.807) is 0 Å². The summed E-state index contributed by atoms with van der Waals surface area (Å²) in [6.07, 6.45) is 5.70. The van der Waals surface area contributed by atoms with Gasteiger partial charge in [-0.3, -0.25) is 0 Å². The molecule has 0 rings (SSSR count). The van der Waals surface area contributed by atoms with Crippen molar-refractivity contribution in [2.75, 3.05) is 12.0 Å². The van der Waals surface area contributed by atoms with Gasteiger partial charge in [0.25, 0.3) is 0 Å². The van der Waals surface area contributed by atoms with E-state index in [0.717, 1.165) is 0 Å². The van der Waals surface area contributed by atoms with E-state index in [9.17, 15) is 0 Å². The van der Waals surface area contributed by atoms with Crippen LogP contribution in [0.3, 0.4) is 0 Å². The Hall–Kier alpha value is 0.310. The van der Waals surface area contributed by atoms with Crippen LogP contribution in [0.2, 0.25) is 0 Å². The molecule has 0 bridgehead atoms. The summed E-state index contributed by atoms with van der Waals surface area (Å²) in [5, 5.41) is 0. The molecule has 0 amide bonds. The normalized spacial score (nSPS) is 13.7. The molecule has 0 spiro atoms. The molecule has 0 aliphatic carbocycles. The van der Waals surface area contributed by atoms with Crippen LogP contribution in [0.5, 0.6) is 0 Å². The van der Waals surface area contributed by atoms with Gasteiger partial charge in [-0.25, -0.2) is 0 Å². The van der Waals surface area contributed by atoms with E-state index >= 15 is 0 Å². The molecule has 1 unspecified atom stereocenters. The fourth-order valence-electron chi connectivity index (χ4n) is 0.784. The van der Waals surface area contributed by atoms with Crippen LogP contribution in [0, 0.1) is 0 Å². The van der Waals surface area contributed by atoms with Crippen molar-refractivity contribution >= 4 is 11.8 Å². The van der Waals surface area contributed by atoms with Crippen molar-refractivity contribution in [1.29, 1.82) is 0 Å². The van der Waals surface area contributed by atoms with E-state index in [1.165, 1.54) is 25.0 Å². The molecule has 0 aromatic carbocycles. The van der Waals surface area contributed by atoms with Crippen molar-refractivity contribution in [3.63, 3.8) is 0 Å². The topological polar surface area (TPSA) is 26.0 Å². The average molecular weight is 147 g/mol. The van der Waals surface area contributed by atoms with E-state index < -0.39 is 0 Å². The fourth-order valence-corrected chi connectivity index (χ4v) is 1.32. The predicted octanol–water partition coefficient (Wildman–Crippen LogP) is 1.87. The van der Waals surface area contributed by atoms with Crippen molar-refractivity contribution in [3.05, 3.63) is 0 Å². The molecule has 0 radical (unpaired) electrons. The Labute approximate surface area is 62.4 Å². The summed E-state index contributed by atoms with van der Waals surface area (Å²) < 4.78 is 0. The number of hydrogen-bond acceptors (Lipinski definition) is 2. The zero-order valence-electron chi connectivity index (χ0n) is 6.39. The Kier molecular flexibility index (Phi) is 6.65. The van der Waals surface area contributed by atoms with Crippen molar-refractivity contribution in [3.8, 4) is 0 Å². The molecule has 0 saturated carbocycles. The lowest BCUT2D eigenvalue weighted by Gasteiger charge is -2.07. The molecule has 0 aromatic rings. The van der Waals surface area contributed by atoms with Gasteiger partial charge >= 0.3 is 0 Å². The molecular weight excluding hydrogens is 130 g/mol. The Morgan fingerprint density at radius 3 is 2.56 bits per heavy atom. The second-order valence-electron chi connectivity index (χ2n) is 2.33. The summed E-state index contributed by atoms with van der Waals surface area (Å²) in [5.41, 5.74) is 5.76. The highest BCUT2D eigenvalue weighted by Crippen LogP contribution is 2.02. The van der Waals surface area contributed by atoms with Gasteiger partial charge in [0, 0.05) is 6.04 Å². The molecular formula is C7H17NS. The quantitative estimate of drug-likeness (QED) is 0.642. The van der Waals surface area contributed by atoms with Crippen molar-refractivity contribution < 1.29 is 0 Å². The minimum atomic E-state index is 0.447. The molecule has 0 aliphatic heterocycles. The number of nitrogens with two attached hydrogens (primary N) is 1. The maximum atomic E-state index is 5.76. The molecule has 0 aliphatic rings. The monoisotopic (exact) mass is 147 g/mol. The summed E-state index contributed by atoms with van der Waals surface area (Å²) >= 11 is 1.88. The van der Waals surface area contributed by atoms with Gasteiger partial charge in [0.15, 0.2) is 0 Å². The van der Waals surface area contributed by atoms with Gasteiger partial charge in [0.1, 0.15) is 0 Å². The standard InChI is InChI=1S/C7H17NS/c1-3-4-7(8)5-6-9-2/h7H,3-6,8H2,1-2H3. The van der Waals surface area contributed by atoms with Gasteiger partial charge < -0.3 is 5.73 Å². The first-order valence-corrected chi connectivity index (χ1v) is 4.95. The van der Waals surface area contributed by atoms with Crippen molar-refractivity contribution in [1.82, 2.24) is 0 Å². The lowest BCUT2D eigenvalue weighted by Crippen LogP contribution is -2.19. The van der Waals surface area contributed by atoms with Crippen molar-refractivity contribution in [2.45, 2.75) is 32.2 Å². The Morgan fingerprint density at radius 1 is 1.44 bits per heavy atom. The molecule has 56 valence electrons. The molecule has 9 heavy (non-hydrogen) atoms. The third kappa shape index (κ3) is 6.19. The van der Waals surface area contributed by atoms with E-state index in [-0.39, 0.29) is 0 Å². The van der Waals surface area contributed by atoms with Gasteiger partial charge in [-0.15, -0.1) is 0 Å². The van der Waals surface area contributed by atoms with Gasteiger partial charge in [-0.05, 0) is 24.9 Å². The van der Waals surface area contributed by atoms with Crippen LogP contribution < -0.4 is 5.73 Å². The number of thioether (sulfide) groups is 1. The minimum Gasteiger partial charge on any atom is -0.328 e. The summed E-state index contributed by atoms with van der Waals surface area (Å²) in [6, 6.07) is 0.447. The first-order chi connectivity index (χ1) is 4.31. The van der Waals surface area contributed by atoms with Crippen LogP contribution in [0.1, 0.15) is 26.2 Å². The maximum Gasteiger partial charge on any atom is 0.00465 e. The molecule has 1 atom stereocenters. The SMILES string of the molecule is CCCC(N)CCSC. The number of hydrogen-bond donors (Lipinski definition) is 1. The molecule has 0 saturated heterocycles. The zero-order valence-corrected chi connectivity index (χ0v) is 7.21. The van der Waals surface area contributed by atoms with E-state index in [1.807, 2.05) is 11.8 Å². The highest BCUT2D eigenvalue weighted by atomic mass is 32.2. The molecule has 0 aromatic heterocycles. The molecule has 2 N–H and O–H groups in total. The van der Waals surface area contributed by atoms with Gasteiger partial charge in [-0.1, -0.05) is 13.3 Å². The summed E-state index contributed by atoms with van der Waals surface area (Å²) in [5.74, 6) is 1.21. The molecule has 0 fully saturated rings. The van der Waals surface area contributed by atoms with E-state index in [4.69, 9.17) is 5.73 Å². The van der Waals surface area contributed by atoms with Crippen molar-refractivity contribution in [2.24, 2.45) is 5.73 Å². The molecule has 2 heteroatoms. The molecule has 1 nitrogen and oxygen atoms in total. The lowest BCUT2D eigenvalue weighted by molar-refractivity contribution is 0.591. The highest BCUT2D eigenvalue weighted by Gasteiger charge is 1.97. The van der Waals surface area contributed by atoms with Crippen LogP contribution in [-0.4, -0.2) is 18.1 Å². The second-order valence-corrected chi connectivity index (χ2v) is 3.32. The third-order valence-corrected chi connectivity index (χ3v) is 2.00. The third-order valence-electron chi connectivity index (χ3n) is 1.35. The number of rotatable bonds is 5. The Morgan fingerprint density at radius 2 is 2.11 bits per heavy atom. The largest absolute Gasteiger partial charge is 0.328 e. The van der Waals surface area contributed by atoms with Crippen LogP contribution in [0.25, 0.3) is 0 Å². The van der Waals surface area contributed by atoms with Crippen LogP contribution in [0.15, 0.2) is 0 Å². The zero-order chi connectivity index (χ0) is 7.11. The van der Waals surface area contributed by atoms with Gasteiger partial charge in [-0.2, -0.15) is 11.8 Å². The fraction of sp³-hybridized carbons (Fsp3) is 1.00. The van der Waals surface area contributed by atoms with Crippen LogP contribution in [-0.2, 0) is 0 Å². The lowest BCUT2D eigenvalue weighted by atomic mass is 10.1. The predicted molar refractivity (Wildman–Crippen MR) is 45.9 cm³/mol. The second kappa shape index (κ2) is 6.43. The Bertz CT molecular complexity index is 56.9.